The quantitative estimate of drug-likeness (QED) is 0.800. The van der Waals surface area contributed by atoms with Gasteiger partial charge >= 0.3 is 0 Å². The predicted molar refractivity (Wildman–Crippen MR) is 73.3 cm³/mol. The van der Waals surface area contributed by atoms with E-state index in [1.807, 2.05) is 0 Å². The maximum atomic E-state index is 3.62. The van der Waals surface area contributed by atoms with Gasteiger partial charge in [0.15, 0.2) is 0 Å². The lowest BCUT2D eigenvalue weighted by molar-refractivity contribution is 0.0922. The van der Waals surface area contributed by atoms with E-state index in [2.05, 4.69) is 35.9 Å². The van der Waals surface area contributed by atoms with E-state index < -0.39 is 0 Å². The molecule has 2 heterocycles. The molecule has 0 aromatic rings. The molecule has 1 N–H and O–H groups in total. The van der Waals surface area contributed by atoms with E-state index >= 15 is 0 Å². The van der Waals surface area contributed by atoms with Gasteiger partial charge in [-0.05, 0) is 38.8 Å². The van der Waals surface area contributed by atoms with Crippen LogP contribution in [0.1, 0.15) is 33.6 Å². The molecule has 0 aliphatic carbocycles. The molecule has 0 radical (unpaired) electrons. The van der Waals surface area contributed by atoms with E-state index in [0.717, 1.165) is 12.0 Å². The highest BCUT2D eigenvalue weighted by atomic mass is 15.3. The van der Waals surface area contributed by atoms with Crippen LogP contribution < -0.4 is 5.32 Å². The minimum Gasteiger partial charge on any atom is -0.311 e. The molecule has 17 heavy (non-hydrogen) atoms. The summed E-state index contributed by atoms with van der Waals surface area (Å²) in [5.41, 5.74) is 0. The lowest BCUT2D eigenvalue weighted by Gasteiger charge is -2.42. The van der Waals surface area contributed by atoms with Crippen molar-refractivity contribution in [2.24, 2.45) is 5.92 Å². The average Bonchev–Trinajstić information content (AvgIpc) is 2.78. The minimum atomic E-state index is 0.656. The molecule has 2 fully saturated rings. The van der Waals surface area contributed by atoms with Crippen LogP contribution >= 0.6 is 0 Å². The van der Waals surface area contributed by atoms with Gasteiger partial charge in [-0.3, -0.25) is 4.90 Å². The molecule has 2 aliphatic heterocycles. The maximum absolute atomic E-state index is 3.62. The zero-order valence-corrected chi connectivity index (χ0v) is 11.8. The minimum absolute atomic E-state index is 0.656. The van der Waals surface area contributed by atoms with Crippen molar-refractivity contribution >= 4 is 0 Å². The van der Waals surface area contributed by atoms with Crippen LogP contribution in [0.4, 0.5) is 0 Å². The number of likely N-dealkylation sites (tertiary alicyclic amines) is 1. The van der Waals surface area contributed by atoms with Crippen molar-refractivity contribution in [2.45, 2.75) is 45.7 Å². The van der Waals surface area contributed by atoms with Gasteiger partial charge in [-0.15, -0.1) is 0 Å². The van der Waals surface area contributed by atoms with E-state index in [1.54, 1.807) is 0 Å². The van der Waals surface area contributed by atoms with E-state index in [4.69, 9.17) is 0 Å². The van der Waals surface area contributed by atoms with Crippen molar-refractivity contribution in [1.29, 1.82) is 0 Å². The van der Waals surface area contributed by atoms with Crippen LogP contribution in [-0.4, -0.2) is 61.2 Å². The Kier molecular flexibility index (Phi) is 4.83. The molecule has 3 heteroatoms. The predicted octanol–water partition coefficient (Wildman–Crippen LogP) is 1.40. The van der Waals surface area contributed by atoms with Crippen LogP contribution in [0.15, 0.2) is 0 Å². The number of nitrogens with one attached hydrogen (secondary N) is 1. The SMILES string of the molecule is CC1CN(CCN2CCCC2)C(C(C)C)CN1. The lowest BCUT2D eigenvalue weighted by Crippen LogP contribution is -2.58. The van der Waals surface area contributed by atoms with E-state index in [0.29, 0.717) is 6.04 Å². The van der Waals surface area contributed by atoms with Crippen molar-refractivity contribution in [1.82, 2.24) is 15.1 Å². The van der Waals surface area contributed by atoms with Gasteiger partial charge < -0.3 is 10.2 Å². The third-order valence-corrected chi connectivity index (χ3v) is 4.32. The fourth-order valence-corrected chi connectivity index (χ4v) is 3.19. The lowest BCUT2D eigenvalue weighted by atomic mass is 9.99. The van der Waals surface area contributed by atoms with Crippen molar-refractivity contribution in [3.05, 3.63) is 0 Å². The third kappa shape index (κ3) is 3.67. The normalized spacial score (nSPS) is 32.5. The highest BCUT2D eigenvalue weighted by Gasteiger charge is 2.28. The molecular formula is C14H29N3. The number of hydrogen-bond donors (Lipinski definition) is 1. The van der Waals surface area contributed by atoms with E-state index in [9.17, 15) is 0 Å². The summed E-state index contributed by atoms with van der Waals surface area (Å²) >= 11 is 0. The Labute approximate surface area is 107 Å². The van der Waals surface area contributed by atoms with Crippen LogP contribution in [0.2, 0.25) is 0 Å². The second-order valence-corrected chi connectivity index (χ2v) is 6.16. The van der Waals surface area contributed by atoms with Crippen LogP contribution in [0.3, 0.4) is 0 Å². The summed E-state index contributed by atoms with van der Waals surface area (Å²) in [7, 11) is 0. The van der Waals surface area contributed by atoms with Crippen molar-refractivity contribution in [2.75, 3.05) is 39.3 Å². The monoisotopic (exact) mass is 239 g/mol. The number of nitrogens with zero attached hydrogens (tertiary/aromatic N) is 2. The topological polar surface area (TPSA) is 18.5 Å². The van der Waals surface area contributed by atoms with Gasteiger partial charge in [-0.25, -0.2) is 0 Å². The Morgan fingerprint density at radius 3 is 2.53 bits per heavy atom. The molecule has 0 saturated carbocycles. The molecule has 0 bridgehead atoms. The fourth-order valence-electron chi connectivity index (χ4n) is 3.19. The van der Waals surface area contributed by atoms with Crippen molar-refractivity contribution in [3.8, 4) is 0 Å². The number of rotatable bonds is 4. The summed E-state index contributed by atoms with van der Waals surface area (Å²) in [6, 6.07) is 1.39. The molecule has 2 rings (SSSR count). The summed E-state index contributed by atoms with van der Waals surface area (Å²) in [4.78, 5) is 5.34. The molecule has 0 aromatic heterocycles. The zero-order valence-electron chi connectivity index (χ0n) is 11.8. The molecule has 2 unspecified atom stereocenters. The van der Waals surface area contributed by atoms with E-state index in [1.165, 1.54) is 52.1 Å². The van der Waals surface area contributed by atoms with Gasteiger partial charge in [0.05, 0.1) is 0 Å². The second kappa shape index (κ2) is 6.17. The molecule has 100 valence electrons. The molecular weight excluding hydrogens is 210 g/mol. The Hall–Kier alpha value is -0.120. The summed E-state index contributed by atoms with van der Waals surface area (Å²) in [6.45, 7) is 14.6. The van der Waals surface area contributed by atoms with Crippen LogP contribution in [0.5, 0.6) is 0 Å². The highest BCUT2D eigenvalue weighted by molar-refractivity contribution is 4.86. The van der Waals surface area contributed by atoms with Crippen molar-refractivity contribution < 1.29 is 0 Å². The van der Waals surface area contributed by atoms with Gasteiger partial charge in [0, 0.05) is 38.3 Å². The zero-order chi connectivity index (χ0) is 12.3. The molecule has 2 aliphatic rings. The highest BCUT2D eigenvalue weighted by Crippen LogP contribution is 2.15. The average molecular weight is 239 g/mol. The smallest absolute Gasteiger partial charge is 0.0244 e. The first kappa shape index (κ1) is 13.3. The Bertz CT molecular complexity index is 224. The van der Waals surface area contributed by atoms with Crippen LogP contribution in [0.25, 0.3) is 0 Å². The number of piperazine rings is 1. The Balaban J connectivity index is 1.81. The largest absolute Gasteiger partial charge is 0.311 e. The summed E-state index contributed by atoms with van der Waals surface area (Å²) < 4.78 is 0. The van der Waals surface area contributed by atoms with Crippen LogP contribution in [-0.2, 0) is 0 Å². The molecule has 3 nitrogen and oxygen atoms in total. The molecule has 0 aromatic carbocycles. The first-order valence-electron chi connectivity index (χ1n) is 7.36. The first-order chi connectivity index (χ1) is 8.16. The van der Waals surface area contributed by atoms with E-state index in [-0.39, 0.29) is 0 Å². The van der Waals surface area contributed by atoms with Gasteiger partial charge in [0.2, 0.25) is 0 Å². The van der Waals surface area contributed by atoms with Crippen molar-refractivity contribution in [3.63, 3.8) is 0 Å². The maximum Gasteiger partial charge on any atom is 0.0244 e. The Morgan fingerprint density at radius 1 is 1.18 bits per heavy atom. The fraction of sp³-hybridized carbons (Fsp3) is 1.00. The first-order valence-corrected chi connectivity index (χ1v) is 7.36. The summed E-state index contributed by atoms with van der Waals surface area (Å²) in [6.07, 6.45) is 2.82. The second-order valence-electron chi connectivity index (χ2n) is 6.16. The summed E-state index contributed by atoms with van der Waals surface area (Å²) in [5.74, 6) is 0.758. The third-order valence-electron chi connectivity index (χ3n) is 4.32. The molecule has 2 saturated heterocycles. The molecule has 0 amide bonds. The van der Waals surface area contributed by atoms with Gasteiger partial charge in [0.1, 0.15) is 0 Å². The Morgan fingerprint density at radius 2 is 1.88 bits per heavy atom. The van der Waals surface area contributed by atoms with Gasteiger partial charge in [-0.1, -0.05) is 13.8 Å². The molecule has 2 atom stereocenters. The van der Waals surface area contributed by atoms with Crippen LogP contribution in [0, 0.1) is 5.92 Å². The standard InChI is InChI=1S/C14H29N3/c1-12(2)14-10-15-13(3)11-17(14)9-8-16-6-4-5-7-16/h12-15H,4-11H2,1-3H3. The number of hydrogen-bond acceptors (Lipinski definition) is 3. The van der Waals surface area contributed by atoms with Gasteiger partial charge in [-0.2, -0.15) is 0 Å². The molecule has 0 spiro atoms. The summed E-state index contributed by atoms with van der Waals surface area (Å²) in [5, 5.41) is 3.62. The van der Waals surface area contributed by atoms with Gasteiger partial charge in [0.25, 0.3) is 0 Å².